The number of fused-ring (bicyclic) bond motifs is 1. The van der Waals surface area contributed by atoms with Crippen molar-refractivity contribution in [1.82, 2.24) is 19.4 Å². The third-order valence-electron chi connectivity index (χ3n) is 6.06. The van der Waals surface area contributed by atoms with E-state index in [9.17, 15) is 4.79 Å². The molecule has 1 aliphatic rings. The van der Waals surface area contributed by atoms with Crippen LogP contribution in [0.15, 0.2) is 66.7 Å². The van der Waals surface area contributed by atoms with Gasteiger partial charge in [-0.25, -0.2) is 9.97 Å². The maximum absolute atomic E-state index is 13.6. The van der Waals surface area contributed by atoms with Crippen LogP contribution in [0.5, 0.6) is 0 Å². The number of hydrogen-bond acceptors (Lipinski definition) is 4. The first-order valence-corrected chi connectivity index (χ1v) is 11.1. The zero-order valence-corrected chi connectivity index (χ0v) is 18.5. The molecule has 0 bridgehead atoms. The van der Waals surface area contributed by atoms with Crippen molar-refractivity contribution >= 4 is 22.6 Å². The van der Waals surface area contributed by atoms with Crippen LogP contribution in [0.2, 0.25) is 0 Å². The molecule has 6 heteroatoms. The van der Waals surface area contributed by atoms with E-state index >= 15 is 0 Å². The molecule has 0 saturated carbocycles. The maximum atomic E-state index is 13.6. The second-order valence-corrected chi connectivity index (χ2v) is 8.35. The van der Waals surface area contributed by atoms with E-state index in [0.29, 0.717) is 19.6 Å². The van der Waals surface area contributed by atoms with Crippen LogP contribution < -0.4 is 4.90 Å². The second kappa shape index (κ2) is 8.46. The highest BCUT2D eigenvalue weighted by atomic mass is 16.2. The van der Waals surface area contributed by atoms with Crippen LogP contribution in [0.1, 0.15) is 27.6 Å². The summed E-state index contributed by atoms with van der Waals surface area (Å²) >= 11 is 0. The molecule has 4 aromatic rings. The summed E-state index contributed by atoms with van der Waals surface area (Å²) in [6.07, 6.45) is 0. The molecule has 32 heavy (non-hydrogen) atoms. The van der Waals surface area contributed by atoms with Crippen molar-refractivity contribution in [3.05, 3.63) is 89.5 Å². The fourth-order valence-electron chi connectivity index (χ4n) is 4.48. The molecule has 0 aliphatic carbocycles. The zero-order chi connectivity index (χ0) is 22.1. The van der Waals surface area contributed by atoms with Gasteiger partial charge in [-0.2, -0.15) is 0 Å². The molecule has 0 unspecified atom stereocenters. The van der Waals surface area contributed by atoms with Crippen LogP contribution in [0, 0.1) is 13.8 Å². The van der Waals surface area contributed by atoms with Gasteiger partial charge in [-0.15, -0.1) is 0 Å². The molecular weight excluding hydrogens is 398 g/mol. The van der Waals surface area contributed by atoms with E-state index in [1.807, 2.05) is 61.2 Å². The van der Waals surface area contributed by atoms with E-state index in [0.717, 1.165) is 47.0 Å². The van der Waals surface area contributed by atoms with Crippen molar-refractivity contribution in [3.63, 3.8) is 0 Å². The zero-order valence-electron chi connectivity index (χ0n) is 18.5. The van der Waals surface area contributed by atoms with E-state index in [1.165, 1.54) is 5.56 Å². The number of amides is 1. The number of benzene rings is 2. The average Bonchev–Trinajstić information content (AvgIpc) is 3.17. The Morgan fingerprint density at radius 2 is 1.59 bits per heavy atom. The number of para-hydroxylation sites is 1. The SMILES string of the molecule is Cc1cc(N2CCN(C(=O)c3cc4ccccc4n3Cc3ccccc3)CC2)nc(C)n1. The summed E-state index contributed by atoms with van der Waals surface area (Å²) < 4.78 is 2.15. The predicted molar refractivity (Wildman–Crippen MR) is 127 cm³/mol. The fourth-order valence-corrected chi connectivity index (χ4v) is 4.48. The highest BCUT2D eigenvalue weighted by Crippen LogP contribution is 2.24. The summed E-state index contributed by atoms with van der Waals surface area (Å²) in [6.45, 7) is 7.46. The largest absolute Gasteiger partial charge is 0.353 e. The number of rotatable bonds is 4. The number of piperazine rings is 1. The average molecular weight is 426 g/mol. The Hall–Kier alpha value is -3.67. The Bertz CT molecular complexity index is 1240. The third-order valence-corrected chi connectivity index (χ3v) is 6.06. The molecule has 5 rings (SSSR count). The summed E-state index contributed by atoms with van der Waals surface area (Å²) in [6, 6.07) is 22.6. The lowest BCUT2D eigenvalue weighted by Crippen LogP contribution is -2.49. The second-order valence-electron chi connectivity index (χ2n) is 8.35. The minimum Gasteiger partial charge on any atom is -0.353 e. The van der Waals surface area contributed by atoms with Crippen LogP contribution in [0.25, 0.3) is 10.9 Å². The monoisotopic (exact) mass is 425 g/mol. The van der Waals surface area contributed by atoms with E-state index < -0.39 is 0 Å². The van der Waals surface area contributed by atoms with Crippen LogP contribution >= 0.6 is 0 Å². The number of nitrogens with zero attached hydrogens (tertiary/aromatic N) is 5. The first-order valence-electron chi connectivity index (χ1n) is 11.1. The highest BCUT2D eigenvalue weighted by molar-refractivity contribution is 5.99. The molecule has 2 aromatic heterocycles. The quantitative estimate of drug-likeness (QED) is 0.495. The standard InChI is InChI=1S/C26H27N5O/c1-19-16-25(28-20(2)27-19)29-12-14-30(15-13-29)26(32)24-17-22-10-6-7-11-23(22)31(24)18-21-8-4-3-5-9-21/h3-11,16-17H,12-15,18H2,1-2H3. The summed E-state index contributed by atoms with van der Waals surface area (Å²) in [5.74, 6) is 1.82. The highest BCUT2D eigenvalue weighted by Gasteiger charge is 2.26. The molecule has 6 nitrogen and oxygen atoms in total. The van der Waals surface area contributed by atoms with Crippen LogP contribution in [-0.4, -0.2) is 51.5 Å². The Kier molecular flexibility index (Phi) is 5.35. The van der Waals surface area contributed by atoms with Gasteiger partial charge in [-0.05, 0) is 31.5 Å². The molecule has 2 aromatic carbocycles. The molecule has 0 N–H and O–H groups in total. The first kappa shape index (κ1) is 20.2. The molecule has 0 spiro atoms. The molecule has 0 atom stereocenters. The molecular formula is C26H27N5O. The lowest BCUT2D eigenvalue weighted by atomic mass is 10.2. The van der Waals surface area contributed by atoms with Crippen LogP contribution in [-0.2, 0) is 6.54 Å². The molecule has 162 valence electrons. The van der Waals surface area contributed by atoms with Crippen molar-refractivity contribution in [1.29, 1.82) is 0 Å². The minimum absolute atomic E-state index is 0.0897. The van der Waals surface area contributed by atoms with Gasteiger partial charge in [0.1, 0.15) is 17.3 Å². The number of carbonyl (C=O) groups is 1. The van der Waals surface area contributed by atoms with Gasteiger partial charge >= 0.3 is 0 Å². The fraction of sp³-hybridized carbons (Fsp3) is 0.269. The number of anilines is 1. The van der Waals surface area contributed by atoms with Gasteiger partial charge in [-0.1, -0.05) is 48.5 Å². The molecule has 3 heterocycles. The number of carbonyl (C=O) groups excluding carboxylic acids is 1. The predicted octanol–water partition coefficient (Wildman–Crippen LogP) is 4.06. The Balaban J connectivity index is 1.39. The maximum Gasteiger partial charge on any atom is 0.270 e. The van der Waals surface area contributed by atoms with Gasteiger partial charge in [0.25, 0.3) is 5.91 Å². The molecule has 1 fully saturated rings. The van der Waals surface area contributed by atoms with Gasteiger partial charge < -0.3 is 14.4 Å². The third kappa shape index (κ3) is 3.96. The topological polar surface area (TPSA) is 54.3 Å². The smallest absolute Gasteiger partial charge is 0.270 e. The first-order chi connectivity index (χ1) is 15.6. The van der Waals surface area contributed by atoms with Crippen molar-refractivity contribution in [2.75, 3.05) is 31.1 Å². The van der Waals surface area contributed by atoms with E-state index in [-0.39, 0.29) is 5.91 Å². The van der Waals surface area contributed by atoms with Gasteiger partial charge in [-0.3, -0.25) is 4.79 Å². The van der Waals surface area contributed by atoms with Crippen molar-refractivity contribution in [2.45, 2.75) is 20.4 Å². The van der Waals surface area contributed by atoms with E-state index in [4.69, 9.17) is 0 Å². The summed E-state index contributed by atoms with van der Waals surface area (Å²) in [4.78, 5) is 26.8. The number of aromatic nitrogens is 3. The minimum atomic E-state index is 0.0897. The van der Waals surface area contributed by atoms with Crippen molar-refractivity contribution in [2.24, 2.45) is 0 Å². The van der Waals surface area contributed by atoms with Crippen molar-refractivity contribution < 1.29 is 4.79 Å². The summed E-state index contributed by atoms with van der Waals surface area (Å²) in [7, 11) is 0. The van der Waals surface area contributed by atoms with Gasteiger partial charge in [0, 0.05) is 55.4 Å². The summed E-state index contributed by atoms with van der Waals surface area (Å²) in [5, 5.41) is 1.09. The van der Waals surface area contributed by atoms with Crippen LogP contribution in [0.4, 0.5) is 5.82 Å². The Morgan fingerprint density at radius 3 is 2.34 bits per heavy atom. The molecule has 1 aliphatic heterocycles. The van der Waals surface area contributed by atoms with Gasteiger partial charge in [0.05, 0.1) is 0 Å². The van der Waals surface area contributed by atoms with E-state index in [1.54, 1.807) is 0 Å². The van der Waals surface area contributed by atoms with Crippen LogP contribution in [0.3, 0.4) is 0 Å². The van der Waals surface area contributed by atoms with E-state index in [2.05, 4.69) is 43.7 Å². The molecule has 1 saturated heterocycles. The normalized spacial score (nSPS) is 14.2. The summed E-state index contributed by atoms with van der Waals surface area (Å²) in [5.41, 5.74) is 3.99. The number of aryl methyl sites for hydroxylation is 2. The number of hydrogen-bond donors (Lipinski definition) is 0. The molecule has 0 radical (unpaired) electrons. The lowest BCUT2D eigenvalue weighted by molar-refractivity contribution is 0.0736. The lowest BCUT2D eigenvalue weighted by Gasteiger charge is -2.35. The van der Waals surface area contributed by atoms with Gasteiger partial charge in [0.15, 0.2) is 0 Å². The Labute approximate surface area is 188 Å². The molecule has 1 amide bonds. The van der Waals surface area contributed by atoms with Gasteiger partial charge in [0.2, 0.25) is 0 Å². The Morgan fingerprint density at radius 1 is 0.875 bits per heavy atom. The van der Waals surface area contributed by atoms with Crippen molar-refractivity contribution in [3.8, 4) is 0 Å².